The molecule has 1 N–H and O–H groups in total. The number of rotatable bonds is 7. The number of esters is 1. The van der Waals surface area contributed by atoms with Crippen LogP contribution in [-0.2, 0) is 16.0 Å². The third kappa shape index (κ3) is 4.82. The normalized spacial score (nSPS) is 10.4. The molecule has 0 aliphatic heterocycles. The van der Waals surface area contributed by atoms with Crippen LogP contribution in [0.2, 0.25) is 0 Å². The number of hydrogen-bond donors (Lipinski definition) is 1. The average Bonchev–Trinajstić information content (AvgIpc) is 2.71. The number of carbonyl (C=O) groups is 2. The molecule has 0 fully saturated rings. The summed E-state index contributed by atoms with van der Waals surface area (Å²) in [5, 5.41) is 3.81. The van der Waals surface area contributed by atoms with E-state index in [1.165, 1.54) is 7.11 Å². The molecular weight excluding hydrogens is 344 g/mol. The van der Waals surface area contributed by atoms with Gasteiger partial charge in [-0.05, 0) is 29.8 Å². The molecule has 3 aromatic rings. The zero-order chi connectivity index (χ0) is 19.1. The second-order valence-corrected chi connectivity index (χ2v) is 5.89. The Morgan fingerprint density at radius 3 is 2.74 bits per heavy atom. The fourth-order valence-electron chi connectivity index (χ4n) is 2.68. The predicted molar refractivity (Wildman–Crippen MR) is 102 cm³/mol. The third-order valence-corrected chi connectivity index (χ3v) is 4.01. The van der Waals surface area contributed by atoms with E-state index in [1.807, 2.05) is 30.3 Å². The zero-order valence-corrected chi connectivity index (χ0v) is 15.0. The van der Waals surface area contributed by atoms with Crippen LogP contribution in [0.25, 0.3) is 10.9 Å². The summed E-state index contributed by atoms with van der Waals surface area (Å²) >= 11 is 0. The monoisotopic (exact) mass is 364 g/mol. The topological polar surface area (TPSA) is 77.5 Å². The fraction of sp³-hybridized carbons (Fsp3) is 0.190. The molecule has 1 amide bonds. The van der Waals surface area contributed by atoms with Crippen LogP contribution < -0.4 is 10.1 Å². The largest absolute Gasteiger partial charge is 0.489 e. The number of benzene rings is 2. The molecule has 2 aromatic carbocycles. The van der Waals surface area contributed by atoms with Crippen molar-refractivity contribution < 1.29 is 19.1 Å². The van der Waals surface area contributed by atoms with Crippen molar-refractivity contribution in [1.82, 2.24) is 10.3 Å². The molecule has 0 radical (unpaired) electrons. The molecule has 0 unspecified atom stereocenters. The summed E-state index contributed by atoms with van der Waals surface area (Å²) in [6, 6.07) is 16.5. The first kappa shape index (κ1) is 18.4. The summed E-state index contributed by atoms with van der Waals surface area (Å²) in [5.74, 6) is 0.119. The highest BCUT2D eigenvalue weighted by Gasteiger charge is 2.09. The number of hydrogen-bond acceptors (Lipinski definition) is 5. The van der Waals surface area contributed by atoms with Gasteiger partial charge < -0.3 is 14.8 Å². The predicted octanol–water partition coefficient (Wildman–Crippen LogP) is 2.76. The summed E-state index contributed by atoms with van der Waals surface area (Å²) in [5.41, 5.74) is 2.01. The van der Waals surface area contributed by atoms with Crippen LogP contribution in [0.15, 0.2) is 60.8 Å². The maximum Gasteiger partial charge on any atom is 0.309 e. The highest BCUT2D eigenvalue weighted by Crippen LogP contribution is 2.22. The van der Waals surface area contributed by atoms with Gasteiger partial charge in [-0.1, -0.05) is 30.3 Å². The second-order valence-electron chi connectivity index (χ2n) is 5.89. The molecule has 1 heterocycles. The minimum Gasteiger partial charge on any atom is -0.489 e. The van der Waals surface area contributed by atoms with E-state index < -0.39 is 0 Å². The number of pyridine rings is 1. The van der Waals surface area contributed by atoms with E-state index in [9.17, 15) is 9.59 Å². The highest BCUT2D eigenvalue weighted by molar-refractivity contribution is 5.94. The van der Waals surface area contributed by atoms with Crippen LogP contribution in [0, 0.1) is 0 Å². The molecule has 6 nitrogen and oxygen atoms in total. The Morgan fingerprint density at radius 2 is 1.89 bits per heavy atom. The van der Waals surface area contributed by atoms with Gasteiger partial charge in [0.05, 0.1) is 20.1 Å². The maximum atomic E-state index is 12.3. The van der Waals surface area contributed by atoms with E-state index in [0.717, 1.165) is 16.5 Å². The highest BCUT2D eigenvalue weighted by atomic mass is 16.5. The van der Waals surface area contributed by atoms with E-state index in [-0.39, 0.29) is 18.3 Å². The van der Waals surface area contributed by atoms with Crippen LogP contribution in [0.3, 0.4) is 0 Å². The Kier molecular flexibility index (Phi) is 5.99. The van der Waals surface area contributed by atoms with E-state index >= 15 is 0 Å². The van der Waals surface area contributed by atoms with E-state index in [1.54, 1.807) is 30.5 Å². The Morgan fingerprint density at radius 1 is 1.07 bits per heavy atom. The SMILES string of the molecule is COC(=O)Cc1cccc(C(=O)NCCOc2cccc3cccnc23)c1. The third-order valence-electron chi connectivity index (χ3n) is 4.01. The van der Waals surface area contributed by atoms with Gasteiger partial charge >= 0.3 is 5.97 Å². The van der Waals surface area contributed by atoms with Gasteiger partial charge in [0.1, 0.15) is 17.9 Å². The summed E-state index contributed by atoms with van der Waals surface area (Å²) in [7, 11) is 1.34. The molecule has 3 rings (SSSR count). The van der Waals surface area contributed by atoms with Crippen LogP contribution >= 0.6 is 0 Å². The molecule has 0 spiro atoms. The smallest absolute Gasteiger partial charge is 0.309 e. The molecule has 0 saturated carbocycles. The number of nitrogens with one attached hydrogen (secondary N) is 1. The lowest BCUT2D eigenvalue weighted by Crippen LogP contribution is -2.28. The maximum absolute atomic E-state index is 12.3. The molecular formula is C21H20N2O4. The van der Waals surface area contributed by atoms with Crippen molar-refractivity contribution in [2.45, 2.75) is 6.42 Å². The van der Waals surface area contributed by atoms with Crippen LogP contribution in [-0.4, -0.2) is 37.1 Å². The minimum atomic E-state index is -0.343. The first-order chi connectivity index (χ1) is 13.2. The van der Waals surface area contributed by atoms with Gasteiger partial charge in [0.25, 0.3) is 5.91 Å². The Labute approximate surface area is 157 Å². The first-order valence-electron chi connectivity index (χ1n) is 8.58. The minimum absolute atomic E-state index is 0.134. The van der Waals surface area contributed by atoms with Crippen molar-refractivity contribution in [2.75, 3.05) is 20.3 Å². The van der Waals surface area contributed by atoms with Gasteiger partial charge in [0, 0.05) is 17.1 Å². The van der Waals surface area contributed by atoms with Crippen molar-refractivity contribution in [3.8, 4) is 5.75 Å². The molecule has 1 aromatic heterocycles. The molecule has 0 aliphatic carbocycles. The van der Waals surface area contributed by atoms with Crippen molar-refractivity contribution in [3.05, 3.63) is 71.9 Å². The fourth-order valence-corrected chi connectivity index (χ4v) is 2.68. The Hall–Kier alpha value is -3.41. The number of carbonyl (C=O) groups excluding carboxylic acids is 2. The molecule has 0 bridgehead atoms. The lowest BCUT2D eigenvalue weighted by Gasteiger charge is -2.10. The average molecular weight is 364 g/mol. The Balaban J connectivity index is 1.54. The molecule has 138 valence electrons. The van der Waals surface area contributed by atoms with Crippen LogP contribution in [0.1, 0.15) is 15.9 Å². The second kappa shape index (κ2) is 8.80. The number of methoxy groups -OCH3 is 1. The van der Waals surface area contributed by atoms with Crippen molar-refractivity contribution in [2.24, 2.45) is 0 Å². The summed E-state index contributed by atoms with van der Waals surface area (Å²) in [4.78, 5) is 28.0. The van der Waals surface area contributed by atoms with Crippen molar-refractivity contribution in [3.63, 3.8) is 0 Å². The number of nitrogens with zero attached hydrogens (tertiary/aromatic N) is 1. The lowest BCUT2D eigenvalue weighted by molar-refractivity contribution is -0.139. The van der Waals surface area contributed by atoms with Gasteiger partial charge in [-0.15, -0.1) is 0 Å². The van der Waals surface area contributed by atoms with Gasteiger partial charge in [-0.2, -0.15) is 0 Å². The molecule has 0 atom stereocenters. The Bertz CT molecular complexity index is 950. The standard InChI is InChI=1S/C21H20N2O4/c1-26-19(24)14-15-5-2-7-17(13-15)21(25)23-11-12-27-18-9-3-6-16-8-4-10-22-20(16)18/h2-10,13H,11-12,14H2,1H3,(H,23,25). The molecule has 0 saturated heterocycles. The first-order valence-corrected chi connectivity index (χ1v) is 8.58. The zero-order valence-electron chi connectivity index (χ0n) is 15.0. The van der Waals surface area contributed by atoms with Crippen LogP contribution in [0.5, 0.6) is 5.75 Å². The summed E-state index contributed by atoms with van der Waals surface area (Å²) in [6.45, 7) is 0.673. The van der Waals surface area contributed by atoms with Gasteiger partial charge in [0.2, 0.25) is 0 Å². The molecule has 6 heteroatoms. The molecule has 27 heavy (non-hydrogen) atoms. The van der Waals surface area contributed by atoms with E-state index in [0.29, 0.717) is 24.5 Å². The number of para-hydroxylation sites is 1. The summed E-state index contributed by atoms with van der Waals surface area (Å²) in [6.07, 6.45) is 1.85. The van der Waals surface area contributed by atoms with E-state index in [4.69, 9.17) is 4.74 Å². The quantitative estimate of drug-likeness (QED) is 0.515. The van der Waals surface area contributed by atoms with Gasteiger partial charge in [-0.3, -0.25) is 14.6 Å². The number of amides is 1. The van der Waals surface area contributed by atoms with Crippen molar-refractivity contribution >= 4 is 22.8 Å². The lowest BCUT2D eigenvalue weighted by atomic mass is 10.1. The number of ether oxygens (including phenoxy) is 2. The van der Waals surface area contributed by atoms with Crippen LogP contribution in [0.4, 0.5) is 0 Å². The number of fused-ring (bicyclic) bond motifs is 1. The van der Waals surface area contributed by atoms with Crippen molar-refractivity contribution in [1.29, 1.82) is 0 Å². The van der Waals surface area contributed by atoms with E-state index in [2.05, 4.69) is 15.0 Å². The molecule has 0 aliphatic rings. The number of aromatic nitrogens is 1. The van der Waals surface area contributed by atoms with Gasteiger partial charge in [-0.25, -0.2) is 0 Å². The van der Waals surface area contributed by atoms with Gasteiger partial charge in [0.15, 0.2) is 0 Å². The summed E-state index contributed by atoms with van der Waals surface area (Å²) < 4.78 is 10.4.